The number of piperazine rings is 1. The Balaban J connectivity index is 1.79. The molecule has 23 heavy (non-hydrogen) atoms. The molecule has 1 atom stereocenters. The molecule has 2 aromatic rings. The van der Waals surface area contributed by atoms with Crippen LogP contribution in [0.4, 0.5) is 0 Å². The summed E-state index contributed by atoms with van der Waals surface area (Å²) in [5, 5.41) is 7.97. The van der Waals surface area contributed by atoms with Crippen molar-refractivity contribution in [2.75, 3.05) is 26.7 Å². The van der Waals surface area contributed by atoms with Gasteiger partial charge in [-0.25, -0.2) is 0 Å². The van der Waals surface area contributed by atoms with Crippen molar-refractivity contribution in [3.8, 4) is 5.75 Å². The standard InChI is InChI=1S/C18H26N4O/c1-14(2)22-16(8-9-20-22)13-21-11-10-19-12-18(21)15-4-6-17(23-3)7-5-15/h4-9,14,18-19H,10-13H2,1-3H3/t18-/m1/s1. The molecule has 0 unspecified atom stereocenters. The Bertz CT molecular complexity index is 620. The average Bonchev–Trinajstić information content (AvgIpc) is 3.04. The summed E-state index contributed by atoms with van der Waals surface area (Å²) < 4.78 is 7.39. The fourth-order valence-corrected chi connectivity index (χ4v) is 3.23. The molecule has 2 heterocycles. The van der Waals surface area contributed by atoms with Gasteiger partial charge in [-0.1, -0.05) is 12.1 Å². The Hall–Kier alpha value is -1.85. The summed E-state index contributed by atoms with van der Waals surface area (Å²) in [6.07, 6.45) is 1.90. The fraction of sp³-hybridized carbons (Fsp3) is 0.500. The molecule has 1 saturated heterocycles. The van der Waals surface area contributed by atoms with Crippen molar-refractivity contribution in [2.24, 2.45) is 0 Å². The van der Waals surface area contributed by atoms with Gasteiger partial charge in [0.25, 0.3) is 0 Å². The molecule has 1 fully saturated rings. The lowest BCUT2D eigenvalue weighted by atomic mass is 10.0. The molecule has 0 radical (unpaired) electrons. The first-order valence-electron chi connectivity index (χ1n) is 8.30. The van der Waals surface area contributed by atoms with Crippen LogP contribution in [0.5, 0.6) is 5.75 Å². The first kappa shape index (κ1) is 16.0. The molecule has 0 aliphatic carbocycles. The molecule has 1 aliphatic rings. The highest BCUT2D eigenvalue weighted by atomic mass is 16.5. The molecule has 1 aromatic heterocycles. The molecule has 0 amide bonds. The van der Waals surface area contributed by atoms with Crippen LogP contribution in [0.2, 0.25) is 0 Å². The second-order valence-corrected chi connectivity index (χ2v) is 6.32. The molecule has 0 bridgehead atoms. The number of aromatic nitrogens is 2. The first-order valence-corrected chi connectivity index (χ1v) is 8.30. The van der Waals surface area contributed by atoms with Gasteiger partial charge in [0, 0.05) is 44.5 Å². The summed E-state index contributed by atoms with van der Waals surface area (Å²) in [4.78, 5) is 2.54. The molecule has 1 aliphatic heterocycles. The van der Waals surface area contributed by atoms with Crippen molar-refractivity contribution in [1.29, 1.82) is 0 Å². The van der Waals surface area contributed by atoms with Crippen LogP contribution in [0.1, 0.15) is 37.2 Å². The zero-order valence-electron chi connectivity index (χ0n) is 14.2. The van der Waals surface area contributed by atoms with E-state index in [-0.39, 0.29) is 0 Å². The molecule has 1 N–H and O–H groups in total. The number of nitrogens with zero attached hydrogens (tertiary/aromatic N) is 3. The van der Waals surface area contributed by atoms with E-state index in [1.807, 2.05) is 18.3 Å². The van der Waals surface area contributed by atoms with E-state index in [1.165, 1.54) is 11.3 Å². The van der Waals surface area contributed by atoms with E-state index in [2.05, 4.69) is 52.0 Å². The predicted molar refractivity (Wildman–Crippen MR) is 91.6 cm³/mol. The van der Waals surface area contributed by atoms with Gasteiger partial charge in [0.2, 0.25) is 0 Å². The highest BCUT2D eigenvalue weighted by Gasteiger charge is 2.25. The lowest BCUT2D eigenvalue weighted by Crippen LogP contribution is -2.45. The van der Waals surface area contributed by atoms with E-state index >= 15 is 0 Å². The van der Waals surface area contributed by atoms with Crippen LogP contribution in [-0.4, -0.2) is 41.4 Å². The van der Waals surface area contributed by atoms with E-state index in [0.29, 0.717) is 12.1 Å². The highest BCUT2D eigenvalue weighted by molar-refractivity contribution is 5.29. The Morgan fingerprint density at radius 1 is 1.26 bits per heavy atom. The summed E-state index contributed by atoms with van der Waals surface area (Å²) in [7, 11) is 1.70. The van der Waals surface area contributed by atoms with Gasteiger partial charge in [0.15, 0.2) is 0 Å². The number of methoxy groups -OCH3 is 1. The van der Waals surface area contributed by atoms with Gasteiger partial charge in [-0.05, 0) is 37.6 Å². The second-order valence-electron chi connectivity index (χ2n) is 6.32. The van der Waals surface area contributed by atoms with Crippen molar-refractivity contribution in [3.63, 3.8) is 0 Å². The molecular weight excluding hydrogens is 288 g/mol. The number of hydrogen-bond acceptors (Lipinski definition) is 4. The van der Waals surface area contributed by atoms with Gasteiger partial charge < -0.3 is 10.1 Å². The van der Waals surface area contributed by atoms with Crippen molar-refractivity contribution >= 4 is 0 Å². The molecule has 5 heteroatoms. The second kappa shape index (κ2) is 7.15. The Labute approximate surface area is 138 Å². The van der Waals surface area contributed by atoms with Gasteiger partial charge in [0.05, 0.1) is 12.8 Å². The quantitative estimate of drug-likeness (QED) is 0.921. The van der Waals surface area contributed by atoms with Crippen molar-refractivity contribution in [2.45, 2.75) is 32.5 Å². The van der Waals surface area contributed by atoms with Crippen LogP contribution in [0.25, 0.3) is 0 Å². The summed E-state index contributed by atoms with van der Waals surface area (Å²) in [5.74, 6) is 0.905. The number of hydrogen-bond donors (Lipinski definition) is 1. The predicted octanol–water partition coefficient (Wildman–Crippen LogP) is 2.62. The maximum absolute atomic E-state index is 5.27. The van der Waals surface area contributed by atoms with Crippen LogP contribution in [0, 0.1) is 0 Å². The van der Waals surface area contributed by atoms with Crippen molar-refractivity contribution in [1.82, 2.24) is 20.0 Å². The van der Waals surface area contributed by atoms with E-state index in [0.717, 1.165) is 31.9 Å². The van der Waals surface area contributed by atoms with Crippen LogP contribution < -0.4 is 10.1 Å². The SMILES string of the molecule is COc1ccc([C@H]2CNCCN2Cc2ccnn2C(C)C)cc1. The molecule has 5 nitrogen and oxygen atoms in total. The Morgan fingerprint density at radius 2 is 2.04 bits per heavy atom. The van der Waals surface area contributed by atoms with Gasteiger partial charge in [-0.15, -0.1) is 0 Å². The zero-order chi connectivity index (χ0) is 16.2. The third-order valence-electron chi connectivity index (χ3n) is 4.46. The minimum atomic E-state index is 0.380. The largest absolute Gasteiger partial charge is 0.497 e. The fourth-order valence-electron chi connectivity index (χ4n) is 3.23. The number of rotatable bonds is 5. The van der Waals surface area contributed by atoms with Gasteiger partial charge in [0.1, 0.15) is 5.75 Å². The molecule has 0 spiro atoms. The third-order valence-corrected chi connectivity index (χ3v) is 4.46. The summed E-state index contributed by atoms with van der Waals surface area (Å²) >= 11 is 0. The molecule has 0 saturated carbocycles. The number of nitrogens with one attached hydrogen (secondary N) is 1. The van der Waals surface area contributed by atoms with E-state index in [4.69, 9.17) is 4.74 Å². The van der Waals surface area contributed by atoms with Crippen LogP contribution in [0.3, 0.4) is 0 Å². The minimum Gasteiger partial charge on any atom is -0.497 e. The van der Waals surface area contributed by atoms with Gasteiger partial charge in [-0.3, -0.25) is 9.58 Å². The van der Waals surface area contributed by atoms with Crippen molar-refractivity contribution in [3.05, 3.63) is 47.8 Å². The Morgan fingerprint density at radius 3 is 2.74 bits per heavy atom. The smallest absolute Gasteiger partial charge is 0.118 e. The molecular formula is C18H26N4O. The average molecular weight is 314 g/mol. The monoisotopic (exact) mass is 314 g/mol. The minimum absolute atomic E-state index is 0.380. The maximum atomic E-state index is 5.27. The lowest BCUT2D eigenvalue weighted by Gasteiger charge is -2.36. The zero-order valence-corrected chi connectivity index (χ0v) is 14.2. The highest BCUT2D eigenvalue weighted by Crippen LogP contribution is 2.26. The van der Waals surface area contributed by atoms with E-state index < -0.39 is 0 Å². The van der Waals surface area contributed by atoms with E-state index in [1.54, 1.807) is 7.11 Å². The summed E-state index contributed by atoms with van der Waals surface area (Å²) in [6.45, 7) is 8.32. The van der Waals surface area contributed by atoms with Gasteiger partial charge in [-0.2, -0.15) is 5.10 Å². The van der Waals surface area contributed by atoms with Crippen LogP contribution >= 0.6 is 0 Å². The van der Waals surface area contributed by atoms with Crippen molar-refractivity contribution < 1.29 is 4.74 Å². The third kappa shape index (κ3) is 3.57. The summed E-state index contributed by atoms with van der Waals surface area (Å²) in [6, 6.07) is 11.3. The first-order chi connectivity index (χ1) is 11.2. The summed E-state index contributed by atoms with van der Waals surface area (Å²) in [5.41, 5.74) is 2.61. The number of benzene rings is 1. The Kier molecular flexibility index (Phi) is 4.98. The van der Waals surface area contributed by atoms with Crippen LogP contribution in [-0.2, 0) is 6.54 Å². The number of ether oxygens (including phenoxy) is 1. The maximum Gasteiger partial charge on any atom is 0.118 e. The normalized spacial score (nSPS) is 19.2. The lowest BCUT2D eigenvalue weighted by molar-refractivity contribution is 0.148. The van der Waals surface area contributed by atoms with E-state index in [9.17, 15) is 0 Å². The molecule has 3 rings (SSSR count). The van der Waals surface area contributed by atoms with Gasteiger partial charge >= 0.3 is 0 Å². The molecule has 1 aromatic carbocycles. The topological polar surface area (TPSA) is 42.3 Å². The molecule has 124 valence electrons. The van der Waals surface area contributed by atoms with Crippen LogP contribution in [0.15, 0.2) is 36.5 Å².